The fourth-order valence-corrected chi connectivity index (χ4v) is 3.16. The molecule has 0 aromatic rings. The molecule has 110 valence electrons. The van der Waals surface area contributed by atoms with Gasteiger partial charge in [-0.2, -0.15) is 0 Å². The lowest BCUT2D eigenvalue weighted by molar-refractivity contribution is -0.0198. The highest BCUT2D eigenvalue weighted by Gasteiger charge is 2.38. The number of hydrogen-bond donors (Lipinski definition) is 1. The average molecular weight is 268 g/mol. The molecule has 0 aliphatic carbocycles. The van der Waals surface area contributed by atoms with Crippen molar-refractivity contribution in [1.82, 2.24) is 10.2 Å². The summed E-state index contributed by atoms with van der Waals surface area (Å²) in [6, 6.07) is 0.357. The van der Waals surface area contributed by atoms with Crippen molar-refractivity contribution in [2.75, 3.05) is 39.5 Å². The van der Waals surface area contributed by atoms with Gasteiger partial charge in [-0.3, -0.25) is 4.90 Å². The summed E-state index contributed by atoms with van der Waals surface area (Å²) in [6.45, 7) is 12.4. The van der Waals surface area contributed by atoms with Crippen molar-refractivity contribution in [3.63, 3.8) is 0 Å². The van der Waals surface area contributed by atoms with Crippen LogP contribution in [0.3, 0.4) is 0 Å². The monoisotopic (exact) mass is 268 g/mol. The number of hydrogen-bond acceptors (Lipinski definition) is 4. The van der Waals surface area contributed by atoms with Gasteiger partial charge in [0.2, 0.25) is 0 Å². The molecule has 0 aromatic heterocycles. The molecular weight excluding hydrogens is 240 g/mol. The van der Waals surface area contributed by atoms with Crippen LogP contribution in [0, 0.1) is 0 Å². The van der Waals surface area contributed by atoms with Crippen molar-refractivity contribution in [2.24, 2.45) is 0 Å². The van der Waals surface area contributed by atoms with Crippen LogP contribution in [0.5, 0.6) is 0 Å². The van der Waals surface area contributed by atoms with E-state index in [0.717, 1.165) is 52.3 Å². The number of likely N-dealkylation sites (N-methyl/N-ethyl adjacent to an activating group) is 1. The van der Waals surface area contributed by atoms with Gasteiger partial charge in [0.1, 0.15) is 0 Å². The first-order chi connectivity index (χ1) is 9.16. The average Bonchev–Trinajstić information content (AvgIpc) is 2.46. The fraction of sp³-hybridized carbons (Fsp3) is 0.867. The molecule has 0 spiro atoms. The Bertz CT molecular complexity index is 309. The molecule has 1 saturated heterocycles. The zero-order valence-corrected chi connectivity index (χ0v) is 12.6. The van der Waals surface area contributed by atoms with E-state index in [1.807, 2.05) is 6.26 Å². The Morgan fingerprint density at radius 1 is 1.32 bits per heavy atom. The Kier molecular flexibility index (Phi) is 5.25. The van der Waals surface area contributed by atoms with E-state index in [4.69, 9.17) is 9.47 Å². The molecular formula is C15H28N2O2. The molecule has 2 aliphatic rings. The molecule has 1 atom stereocenters. The minimum Gasteiger partial charge on any atom is -0.501 e. The lowest BCUT2D eigenvalue weighted by atomic mass is 9.84. The normalized spacial score (nSPS) is 23.6. The lowest BCUT2D eigenvalue weighted by Gasteiger charge is -2.47. The van der Waals surface area contributed by atoms with Crippen LogP contribution in [0.15, 0.2) is 11.8 Å². The van der Waals surface area contributed by atoms with E-state index in [-0.39, 0.29) is 5.54 Å². The van der Waals surface area contributed by atoms with E-state index < -0.39 is 0 Å². The van der Waals surface area contributed by atoms with Gasteiger partial charge in [0, 0.05) is 24.7 Å². The van der Waals surface area contributed by atoms with Crippen LogP contribution in [0.25, 0.3) is 0 Å². The quantitative estimate of drug-likeness (QED) is 0.824. The van der Waals surface area contributed by atoms with Gasteiger partial charge in [-0.05, 0) is 38.8 Å². The minimum atomic E-state index is 0.0896. The number of morpholine rings is 1. The highest BCUT2D eigenvalue weighted by Crippen LogP contribution is 2.28. The van der Waals surface area contributed by atoms with Crippen LogP contribution in [-0.4, -0.2) is 55.9 Å². The van der Waals surface area contributed by atoms with E-state index >= 15 is 0 Å². The van der Waals surface area contributed by atoms with Gasteiger partial charge >= 0.3 is 0 Å². The Morgan fingerprint density at radius 3 is 2.63 bits per heavy atom. The summed E-state index contributed by atoms with van der Waals surface area (Å²) >= 11 is 0. The molecule has 1 N–H and O–H groups in total. The molecule has 1 fully saturated rings. The second-order valence-electron chi connectivity index (χ2n) is 5.91. The molecule has 0 aromatic carbocycles. The molecule has 2 aliphatic heterocycles. The summed E-state index contributed by atoms with van der Waals surface area (Å²) in [7, 11) is 0. The van der Waals surface area contributed by atoms with Crippen molar-refractivity contribution < 1.29 is 9.47 Å². The highest BCUT2D eigenvalue weighted by molar-refractivity contribution is 5.17. The maximum absolute atomic E-state index is 5.55. The first-order valence-electron chi connectivity index (χ1n) is 7.53. The summed E-state index contributed by atoms with van der Waals surface area (Å²) < 4.78 is 11.0. The van der Waals surface area contributed by atoms with Gasteiger partial charge in [0.05, 0.1) is 26.1 Å². The van der Waals surface area contributed by atoms with E-state index in [9.17, 15) is 0 Å². The van der Waals surface area contributed by atoms with Gasteiger partial charge < -0.3 is 14.8 Å². The minimum absolute atomic E-state index is 0.0896. The first-order valence-corrected chi connectivity index (χ1v) is 7.53. The number of nitrogens with one attached hydrogen (secondary N) is 1. The SMILES string of the molecule is CCNC(C1=COCCC1)C(C)(C)N1CCOCC1. The zero-order valence-electron chi connectivity index (χ0n) is 12.6. The molecule has 2 rings (SSSR count). The van der Waals surface area contributed by atoms with Crippen molar-refractivity contribution in [3.05, 3.63) is 11.8 Å². The molecule has 2 heterocycles. The van der Waals surface area contributed by atoms with E-state index in [1.54, 1.807) is 0 Å². The molecule has 0 bridgehead atoms. The van der Waals surface area contributed by atoms with Crippen molar-refractivity contribution in [3.8, 4) is 0 Å². The van der Waals surface area contributed by atoms with Crippen LogP contribution >= 0.6 is 0 Å². The fourth-order valence-electron chi connectivity index (χ4n) is 3.16. The maximum Gasteiger partial charge on any atom is 0.0876 e. The van der Waals surface area contributed by atoms with Crippen molar-refractivity contribution in [2.45, 2.75) is 45.2 Å². The van der Waals surface area contributed by atoms with Gasteiger partial charge in [-0.15, -0.1) is 0 Å². The van der Waals surface area contributed by atoms with Crippen molar-refractivity contribution in [1.29, 1.82) is 0 Å². The summed E-state index contributed by atoms with van der Waals surface area (Å²) in [5, 5.41) is 3.66. The van der Waals surface area contributed by atoms with Crippen molar-refractivity contribution >= 4 is 0 Å². The molecule has 4 heteroatoms. The highest BCUT2D eigenvalue weighted by atomic mass is 16.5. The van der Waals surface area contributed by atoms with E-state index in [0.29, 0.717) is 6.04 Å². The molecule has 0 amide bonds. The molecule has 0 radical (unpaired) electrons. The molecule has 4 nitrogen and oxygen atoms in total. The molecule has 0 saturated carbocycles. The van der Waals surface area contributed by atoms with E-state index in [2.05, 4.69) is 31.0 Å². The lowest BCUT2D eigenvalue weighted by Crippen LogP contribution is -2.61. The predicted octanol–water partition coefficient (Wildman–Crippen LogP) is 1.77. The number of rotatable bonds is 5. The maximum atomic E-state index is 5.55. The Morgan fingerprint density at radius 2 is 2.05 bits per heavy atom. The van der Waals surface area contributed by atoms with Crippen LogP contribution in [0.2, 0.25) is 0 Å². The standard InChI is InChI=1S/C15H28N2O2/c1-4-16-14(13-6-5-9-19-12-13)15(2,3)17-7-10-18-11-8-17/h12,14,16H,4-11H2,1-3H3. The summed E-state index contributed by atoms with van der Waals surface area (Å²) in [4.78, 5) is 2.54. The second-order valence-corrected chi connectivity index (χ2v) is 5.91. The van der Waals surface area contributed by atoms with Gasteiger partial charge in [0.25, 0.3) is 0 Å². The Balaban J connectivity index is 2.13. The Hall–Kier alpha value is -0.580. The van der Waals surface area contributed by atoms with Gasteiger partial charge in [-0.25, -0.2) is 0 Å². The van der Waals surface area contributed by atoms with E-state index in [1.165, 1.54) is 5.57 Å². The zero-order chi connectivity index (χ0) is 13.7. The van der Waals surface area contributed by atoms with Gasteiger partial charge in [0.15, 0.2) is 0 Å². The molecule has 19 heavy (non-hydrogen) atoms. The number of nitrogens with zero attached hydrogens (tertiary/aromatic N) is 1. The van der Waals surface area contributed by atoms with Crippen LogP contribution in [0.1, 0.15) is 33.6 Å². The smallest absolute Gasteiger partial charge is 0.0876 e. The summed E-state index contributed by atoms with van der Waals surface area (Å²) in [5.74, 6) is 0. The third-order valence-electron chi connectivity index (χ3n) is 4.27. The first kappa shape index (κ1) is 14.8. The third kappa shape index (κ3) is 3.50. The summed E-state index contributed by atoms with van der Waals surface area (Å²) in [5.41, 5.74) is 1.50. The molecule has 1 unspecified atom stereocenters. The van der Waals surface area contributed by atoms with Crippen LogP contribution in [0.4, 0.5) is 0 Å². The van der Waals surface area contributed by atoms with Gasteiger partial charge in [-0.1, -0.05) is 6.92 Å². The predicted molar refractivity (Wildman–Crippen MR) is 77.2 cm³/mol. The Labute approximate surface area is 117 Å². The second kappa shape index (κ2) is 6.73. The summed E-state index contributed by atoms with van der Waals surface area (Å²) in [6.07, 6.45) is 4.26. The third-order valence-corrected chi connectivity index (χ3v) is 4.27. The van der Waals surface area contributed by atoms with Crippen LogP contribution < -0.4 is 5.32 Å². The topological polar surface area (TPSA) is 33.7 Å². The number of ether oxygens (including phenoxy) is 2. The van der Waals surface area contributed by atoms with Crippen LogP contribution in [-0.2, 0) is 9.47 Å². The largest absolute Gasteiger partial charge is 0.501 e.